The van der Waals surface area contributed by atoms with Crippen LogP contribution in [-0.4, -0.2) is 43.8 Å². The molecule has 2 aromatic rings. The molecule has 2 aliphatic rings. The quantitative estimate of drug-likeness (QED) is 0.853. The fourth-order valence-electron chi connectivity index (χ4n) is 3.90. The molecule has 0 spiro atoms. The monoisotopic (exact) mass is 346 g/mol. The molecule has 0 aliphatic carbocycles. The standard InChI is InChI=1S/C18H22N2O3S/c1-14-7-8-17(23-14)13-19-9-15-11-20(12-16(15)10-19)24(21,22)18-5-3-2-4-6-18/h2-8,15-16H,9-13H2,1H3/t15-,16-/m1/s1. The first kappa shape index (κ1) is 15.9. The van der Waals surface area contributed by atoms with Crippen molar-refractivity contribution < 1.29 is 12.8 Å². The number of benzene rings is 1. The van der Waals surface area contributed by atoms with Gasteiger partial charge in [-0.1, -0.05) is 18.2 Å². The lowest BCUT2D eigenvalue weighted by molar-refractivity contribution is 0.264. The smallest absolute Gasteiger partial charge is 0.243 e. The van der Waals surface area contributed by atoms with Crippen molar-refractivity contribution in [1.29, 1.82) is 0 Å². The van der Waals surface area contributed by atoms with Gasteiger partial charge in [-0.05, 0) is 43.0 Å². The Hall–Kier alpha value is -1.63. The van der Waals surface area contributed by atoms with E-state index < -0.39 is 10.0 Å². The Kier molecular flexibility index (Phi) is 3.98. The highest BCUT2D eigenvalue weighted by Gasteiger charge is 2.44. The number of hydrogen-bond acceptors (Lipinski definition) is 4. The fraction of sp³-hybridized carbons (Fsp3) is 0.444. The zero-order valence-electron chi connectivity index (χ0n) is 13.8. The Morgan fingerprint density at radius 1 is 1.00 bits per heavy atom. The average molecular weight is 346 g/mol. The zero-order chi connectivity index (χ0) is 16.7. The van der Waals surface area contributed by atoms with Gasteiger partial charge in [-0.3, -0.25) is 4.90 Å². The molecule has 0 bridgehead atoms. The van der Waals surface area contributed by atoms with E-state index in [0.29, 0.717) is 29.8 Å². The number of fused-ring (bicyclic) bond motifs is 1. The Morgan fingerprint density at radius 2 is 1.67 bits per heavy atom. The molecule has 2 aliphatic heterocycles. The Bertz CT molecular complexity index is 802. The van der Waals surface area contributed by atoms with Gasteiger partial charge in [-0.15, -0.1) is 0 Å². The van der Waals surface area contributed by atoms with E-state index in [0.717, 1.165) is 31.2 Å². The van der Waals surface area contributed by atoms with Gasteiger partial charge in [0, 0.05) is 26.2 Å². The van der Waals surface area contributed by atoms with Crippen LogP contribution in [0.5, 0.6) is 0 Å². The third kappa shape index (κ3) is 2.90. The van der Waals surface area contributed by atoms with E-state index in [1.54, 1.807) is 28.6 Å². The van der Waals surface area contributed by atoms with Crippen molar-refractivity contribution >= 4 is 10.0 Å². The lowest BCUT2D eigenvalue weighted by Crippen LogP contribution is -2.33. The number of furan rings is 1. The highest BCUT2D eigenvalue weighted by Crippen LogP contribution is 2.34. The molecule has 4 rings (SSSR count). The molecule has 0 saturated carbocycles. The minimum absolute atomic E-state index is 0.396. The summed E-state index contributed by atoms with van der Waals surface area (Å²) in [4.78, 5) is 2.77. The number of nitrogens with zero attached hydrogens (tertiary/aromatic N) is 2. The molecule has 0 N–H and O–H groups in total. The van der Waals surface area contributed by atoms with E-state index in [-0.39, 0.29) is 0 Å². The van der Waals surface area contributed by atoms with E-state index in [2.05, 4.69) is 4.90 Å². The van der Waals surface area contributed by atoms with Crippen molar-refractivity contribution in [3.05, 3.63) is 54.0 Å². The van der Waals surface area contributed by atoms with Crippen molar-refractivity contribution in [3.63, 3.8) is 0 Å². The van der Waals surface area contributed by atoms with Gasteiger partial charge in [0.15, 0.2) is 0 Å². The van der Waals surface area contributed by atoms with Gasteiger partial charge in [0.2, 0.25) is 10.0 Å². The third-order valence-corrected chi connectivity index (χ3v) is 6.93. The summed E-state index contributed by atoms with van der Waals surface area (Å²) in [5.41, 5.74) is 0. The molecule has 2 saturated heterocycles. The summed E-state index contributed by atoms with van der Waals surface area (Å²) in [6.07, 6.45) is 0. The Morgan fingerprint density at radius 3 is 2.25 bits per heavy atom. The third-order valence-electron chi connectivity index (χ3n) is 5.08. The van der Waals surface area contributed by atoms with Crippen molar-refractivity contribution in [2.75, 3.05) is 26.2 Å². The summed E-state index contributed by atoms with van der Waals surface area (Å²) in [5.74, 6) is 2.75. The molecule has 5 nitrogen and oxygen atoms in total. The van der Waals surface area contributed by atoms with Crippen LogP contribution in [0.25, 0.3) is 0 Å². The van der Waals surface area contributed by atoms with Gasteiger partial charge in [-0.25, -0.2) is 8.42 Å². The molecule has 3 heterocycles. The van der Waals surface area contributed by atoms with Gasteiger partial charge in [-0.2, -0.15) is 4.31 Å². The minimum atomic E-state index is -3.36. The Balaban J connectivity index is 1.41. The molecule has 0 unspecified atom stereocenters. The number of aryl methyl sites for hydroxylation is 1. The first-order valence-electron chi connectivity index (χ1n) is 8.35. The molecule has 1 aromatic heterocycles. The normalized spacial score (nSPS) is 25.2. The maximum atomic E-state index is 12.7. The summed E-state index contributed by atoms with van der Waals surface area (Å²) >= 11 is 0. The number of hydrogen-bond donors (Lipinski definition) is 0. The van der Waals surface area contributed by atoms with Crippen molar-refractivity contribution in [2.45, 2.75) is 18.4 Å². The SMILES string of the molecule is Cc1ccc(CN2C[C@@H]3CN(S(=O)(=O)c4ccccc4)C[C@H]3C2)o1. The topological polar surface area (TPSA) is 53.8 Å². The molecule has 1 aromatic carbocycles. The van der Waals surface area contributed by atoms with Crippen molar-refractivity contribution in [3.8, 4) is 0 Å². The second-order valence-electron chi connectivity index (χ2n) is 6.86. The lowest BCUT2D eigenvalue weighted by atomic mass is 10.0. The molecular weight excluding hydrogens is 324 g/mol. The van der Waals surface area contributed by atoms with E-state index in [1.807, 2.05) is 25.1 Å². The van der Waals surface area contributed by atoms with E-state index in [9.17, 15) is 8.42 Å². The van der Waals surface area contributed by atoms with Crippen LogP contribution in [-0.2, 0) is 16.6 Å². The van der Waals surface area contributed by atoms with Crippen LogP contribution in [0.2, 0.25) is 0 Å². The van der Waals surface area contributed by atoms with E-state index in [1.165, 1.54) is 0 Å². The lowest BCUT2D eigenvalue weighted by Gasteiger charge is -2.20. The number of sulfonamides is 1. The molecular formula is C18H22N2O3S. The predicted molar refractivity (Wildman–Crippen MR) is 90.9 cm³/mol. The second kappa shape index (κ2) is 6.02. The first-order valence-corrected chi connectivity index (χ1v) is 9.79. The van der Waals surface area contributed by atoms with Crippen LogP contribution in [0, 0.1) is 18.8 Å². The van der Waals surface area contributed by atoms with Crippen molar-refractivity contribution in [2.24, 2.45) is 11.8 Å². The van der Waals surface area contributed by atoms with Crippen LogP contribution in [0.1, 0.15) is 11.5 Å². The van der Waals surface area contributed by atoms with Crippen LogP contribution < -0.4 is 0 Å². The Labute approximate surface area is 142 Å². The van der Waals surface area contributed by atoms with Crippen LogP contribution in [0.15, 0.2) is 51.8 Å². The van der Waals surface area contributed by atoms with Gasteiger partial charge >= 0.3 is 0 Å². The summed E-state index contributed by atoms with van der Waals surface area (Å²) < 4.78 is 32.8. The molecule has 128 valence electrons. The molecule has 0 amide bonds. The summed E-state index contributed by atoms with van der Waals surface area (Å²) in [7, 11) is -3.36. The van der Waals surface area contributed by atoms with Crippen LogP contribution in [0.4, 0.5) is 0 Å². The van der Waals surface area contributed by atoms with Gasteiger partial charge in [0.05, 0.1) is 11.4 Å². The zero-order valence-corrected chi connectivity index (χ0v) is 14.6. The summed E-state index contributed by atoms with van der Waals surface area (Å²) in [6, 6.07) is 12.7. The molecule has 2 fully saturated rings. The maximum Gasteiger partial charge on any atom is 0.243 e. The minimum Gasteiger partial charge on any atom is -0.465 e. The van der Waals surface area contributed by atoms with Crippen LogP contribution in [0.3, 0.4) is 0 Å². The molecule has 2 atom stereocenters. The van der Waals surface area contributed by atoms with Gasteiger partial charge in [0.25, 0.3) is 0 Å². The van der Waals surface area contributed by atoms with Gasteiger partial charge in [0.1, 0.15) is 11.5 Å². The van der Waals surface area contributed by atoms with Gasteiger partial charge < -0.3 is 4.42 Å². The first-order chi connectivity index (χ1) is 11.5. The fourth-order valence-corrected chi connectivity index (χ4v) is 5.48. The average Bonchev–Trinajstić information content (AvgIpc) is 3.23. The molecule has 24 heavy (non-hydrogen) atoms. The molecule has 6 heteroatoms. The van der Waals surface area contributed by atoms with E-state index >= 15 is 0 Å². The molecule has 0 radical (unpaired) electrons. The van der Waals surface area contributed by atoms with Crippen LogP contribution >= 0.6 is 0 Å². The largest absolute Gasteiger partial charge is 0.465 e. The number of likely N-dealkylation sites (tertiary alicyclic amines) is 1. The summed E-state index contributed by atoms with van der Waals surface area (Å²) in [6.45, 7) is 5.88. The highest BCUT2D eigenvalue weighted by molar-refractivity contribution is 7.89. The predicted octanol–water partition coefficient (Wildman–Crippen LogP) is 2.34. The maximum absolute atomic E-state index is 12.7. The summed E-state index contributed by atoms with van der Waals surface area (Å²) in [5, 5.41) is 0. The number of rotatable bonds is 4. The second-order valence-corrected chi connectivity index (χ2v) is 8.80. The highest BCUT2D eigenvalue weighted by atomic mass is 32.2. The van der Waals surface area contributed by atoms with Crippen molar-refractivity contribution in [1.82, 2.24) is 9.21 Å². The van der Waals surface area contributed by atoms with E-state index in [4.69, 9.17) is 4.42 Å².